The number of carbonyl (C=O) groups excluding carboxylic acids is 1. The first-order valence-electron chi connectivity index (χ1n) is 10.8. The molecule has 3 N–H and O–H groups in total. The highest BCUT2D eigenvalue weighted by molar-refractivity contribution is 14.0. The molecule has 1 aliphatic carbocycles. The minimum absolute atomic E-state index is 0. The van der Waals surface area contributed by atoms with Crippen LogP contribution in [0.25, 0.3) is 0 Å². The molecule has 0 saturated heterocycles. The maximum Gasteiger partial charge on any atom is 0.258 e. The van der Waals surface area contributed by atoms with Crippen molar-refractivity contribution in [2.45, 2.75) is 65.1 Å². The van der Waals surface area contributed by atoms with E-state index in [1.807, 2.05) is 31.2 Å². The Kier molecular flexibility index (Phi) is 9.80. The van der Waals surface area contributed by atoms with Crippen molar-refractivity contribution in [1.29, 1.82) is 0 Å². The summed E-state index contributed by atoms with van der Waals surface area (Å²) >= 11 is 0. The summed E-state index contributed by atoms with van der Waals surface area (Å²) < 4.78 is 11.4. The van der Waals surface area contributed by atoms with Crippen LogP contribution in [0.2, 0.25) is 0 Å². The van der Waals surface area contributed by atoms with E-state index in [9.17, 15) is 4.79 Å². The smallest absolute Gasteiger partial charge is 0.258 e. The summed E-state index contributed by atoms with van der Waals surface area (Å²) in [7, 11) is 0. The molecular formula is C23H34IN5O3. The third-order valence-corrected chi connectivity index (χ3v) is 4.67. The Morgan fingerprint density at radius 2 is 2.06 bits per heavy atom. The van der Waals surface area contributed by atoms with Crippen LogP contribution in [0.3, 0.4) is 0 Å². The van der Waals surface area contributed by atoms with Gasteiger partial charge in [-0.15, -0.1) is 24.0 Å². The van der Waals surface area contributed by atoms with Crippen LogP contribution in [0.5, 0.6) is 5.75 Å². The van der Waals surface area contributed by atoms with Gasteiger partial charge >= 0.3 is 0 Å². The second kappa shape index (κ2) is 12.1. The topological polar surface area (TPSA) is 101 Å². The Morgan fingerprint density at radius 3 is 2.72 bits per heavy atom. The largest absolute Gasteiger partial charge is 0.484 e. The van der Waals surface area contributed by atoms with Gasteiger partial charge in [0.15, 0.2) is 12.6 Å². The molecule has 1 fully saturated rings. The molecule has 0 aliphatic heterocycles. The zero-order valence-electron chi connectivity index (χ0n) is 19.2. The maximum absolute atomic E-state index is 11.8. The number of aromatic nitrogens is 1. The third kappa shape index (κ3) is 8.68. The molecule has 8 nitrogen and oxygen atoms in total. The number of hydrogen-bond acceptors (Lipinski definition) is 5. The van der Waals surface area contributed by atoms with E-state index < -0.39 is 0 Å². The van der Waals surface area contributed by atoms with Crippen LogP contribution in [-0.4, -0.2) is 36.0 Å². The number of rotatable bonds is 9. The molecule has 3 rings (SSSR count). The summed E-state index contributed by atoms with van der Waals surface area (Å²) in [6, 6.07) is 7.97. The second-order valence-corrected chi connectivity index (χ2v) is 8.69. The van der Waals surface area contributed by atoms with Crippen LogP contribution in [0, 0.1) is 0 Å². The van der Waals surface area contributed by atoms with Crippen LogP contribution < -0.4 is 20.7 Å². The molecule has 0 atom stereocenters. The summed E-state index contributed by atoms with van der Waals surface area (Å²) in [5, 5.41) is 9.39. The molecule has 0 radical (unpaired) electrons. The molecular weight excluding hydrogens is 521 g/mol. The SMILES string of the molecule is CCNC(=NCc1cccc(OCC(=O)NC2CC2)c1)NCc1ncc(C(C)(C)C)o1.I. The van der Waals surface area contributed by atoms with E-state index in [1.54, 1.807) is 6.20 Å². The van der Waals surface area contributed by atoms with Crippen molar-refractivity contribution in [2.24, 2.45) is 4.99 Å². The standard InChI is InChI=1S/C23H33N5O3.HI/c1-5-24-22(27-14-21-25-13-19(31-21)23(2,3)4)26-12-16-7-6-8-18(11-16)30-15-20(29)28-17-9-10-17;/h6-8,11,13,17H,5,9-10,12,14-15H2,1-4H3,(H,28,29)(H2,24,26,27);1H. The normalized spacial score (nSPS) is 13.8. The van der Waals surface area contributed by atoms with E-state index in [4.69, 9.17) is 9.15 Å². The molecule has 9 heteroatoms. The van der Waals surface area contributed by atoms with Crippen molar-refractivity contribution in [3.63, 3.8) is 0 Å². The summed E-state index contributed by atoms with van der Waals surface area (Å²) in [5.41, 5.74) is 0.915. The summed E-state index contributed by atoms with van der Waals surface area (Å²) in [4.78, 5) is 20.8. The Hall–Kier alpha value is -2.30. The highest BCUT2D eigenvalue weighted by atomic mass is 127. The van der Waals surface area contributed by atoms with Gasteiger partial charge < -0.3 is 25.1 Å². The highest BCUT2D eigenvalue weighted by Crippen LogP contribution is 2.22. The van der Waals surface area contributed by atoms with Crippen LogP contribution in [0.4, 0.5) is 0 Å². The predicted molar refractivity (Wildman–Crippen MR) is 135 cm³/mol. The molecule has 1 heterocycles. The van der Waals surface area contributed by atoms with E-state index in [1.165, 1.54) is 0 Å². The van der Waals surface area contributed by atoms with Gasteiger partial charge in [0.2, 0.25) is 5.89 Å². The van der Waals surface area contributed by atoms with Crippen LogP contribution in [-0.2, 0) is 23.3 Å². The fourth-order valence-electron chi connectivity index (χ4n) is 2.79. The molecule has 176 valence electrons. The second-order valence-electron chi connectivity index (χ2n) is 8.69. The van der Waals surface area contributed by atoms with Gasteiger partial charge in [-0.05, 0) is 37.5 Å². The van der Waals surface area contributed by atoms with Gasteiger partial charge in [-0.2, -0.15) is 0 Å². The number of oxazole rings is 1. The first-order valence-corrected chi connectivity index (χ1v) is 10.8. The monoisotopic (exact) mass is 555 g/mol. The van der Waals surface area contributed by atoms with E-state index >= 15 is 0 Å². The van der Waals surface area contributed by atoms with Crippen LogP contribution >= 0.6 is 24.0 Å². The summed E-state index contributed by atoms with van der Waals surface area (Å²) in [6.45, 7) is 9.97. The third-order valence-electron chi connectivity index (χ3n) is 4.67. The molecule has 0 bridgehead atoms. The van der Waals surface area contributed by atoms with Gasteiger partial charge in [-0.25, -0.2) is 9.98 Å². The Balaban J connectivity index is 0.00000363. The predicted octanol–water partition coefficient (Wildman–Crippen LogP) is 3.50. The Bertz CT molecular complexity index is 903. The number of carbonyl (C=O) groups is 1. The highest BCUT2D eigenvalue weighted by Gasteiger charge is 2.23. The first-order chi connectivity index (χ1) is 14.8. The van der Waals surface area contributed by atoms with Gasteiger partial charge in [0.25, 0.3) is 5.91 Å². The zero-order valence-corrected chi connectivity index (χ0v) is 21.6. The molecule has 1 saturated carbocycles. The van der Waals surface area contributed by atoms with Crippen LogP contribution in [0.1, 0.15) is 57.8 Å². The number of guanidine groups is 1. The lowest BCUT2D eigenvalue weighted by Gasteiger charge is -2.13. The van der Waals surface area contributed by atoms with E-state index in [0.29, 0.717) is 36.7 Å². The molecule has 1 aliphatic rings. The summed E-state index contributed by atoms with van der Waals surface area (Å²) in [5.74, 6) is 2.73. The van der Waals surface area contributed by atoms with Crippen LogP contribution in [0.15, 0.2) is 39.9 Å². The Labute approximate surface area is 207 Å². The summed E-state index contributed by atoms with van der Waals surface area (Å²) in [6.07, 6.45) is 3.90. The van der Waals surface area contributed by atoms with Crippen molar-refractivity contribution in [2.75, 3.05) is 13.2 Å². The minimum Gasteiger partial charge on any atom is -0.484 e. The molecule has 0 spiro atoms. The number of aliphatic imine (C=N–C) groups is 1. The molecule has 1 aromatic carbocycles. The number of hydrogen-bond donors (Lipinski definition) is 3. The van der Waals surface area contributed by atoms with Crippen molar-refractivity contribution < 1.29 is 13.9 Å². The average molecular weight is 555 g/mol. The number of benzene rings is 1. The number of ether oxygens (including phenoxy) is 1. The first kappa shape index (κ1) is 26.0. The fourth-order valence-corrected chi connectivity index (χ4v) is 2.79. The lowest BCUT2D eigenvalue weighted by atomic mass is 9.94. The fraction of sp³-hybridized carbons (Fsp3) is 0.522. The van der Waals surface area contributed by atoms with Gasteiger partial charge in [-0.1, -0.05) is 32.9 Å². The maximum atomic E-state index is 11.8. The zero-order chi connectivity index (χ0) is 22.3. The van der Waals surface area contributed by atoms with E-state index in [2.05, 4.69) is 46.7 Å². The quantitative estimate of drug-likeness (QED) is 0.249. The van der Waals surface area contributed by atoms with Crippen molar-refractivity contribution in [3.05, 3.63) is 47.7 Å². The van der Waals surface area contributed by atoms with Gasteiger partial charge in [0, 0.05) is 18.0 Å². The number of nitrogens with zero attached hydrogens (tertiary/aromatic N) is 2. The molecule has 1 aromatic heterocycles. The van der Waals surface area contributed by atoms with E-state index in [0.717, 1.165) is 30.7 Å². The van der Waals surface area contributed by atoms with Crippen molar-refractivity contribution in [1.82, 2.24) is 20.9 Å². The molecule has 32 heavy (non-hydrogen) atoms. The van der Waals surface area contributed by atoms with E-state index in [-0.39, 0.29) is 41.9 Å². The number of amides is 1. The molecule has 0 unspecified atom stereocenters. The van der Waals surface area contributed by atoms with Crippen molar-refractivity contribution >= 4 is 35.8 Å². The molecule has 2 aromatic rings. The minimum atomic E-state index is -0.0780. The lowest BCUT2D eigenvalue weighted by molar-refractivity contribution is -0.123. The van der Waals surface area contributed by atoms with Gasteiger partial charge in [0.05, 0.1) is 19.3 Å². The number of halogens is 1. The average Bonchev–Trinajstić information content (AvgIpc) is 3.40. The molecule has 1 amide bonds. The number of nitrogens with one attached hydrogen (secondary N) is 3. The van der Waals surface area contributed by atoms with Gasteiger partial charge in [0.1, 0.15) is 11.5 Å². The van der Waals surface area contributed by atoms with Crippen molar-refractivity contribution in [3.8, 4) is 5.75 Å². The Morgan fingerprint density at radius 1 is 1.28 bits per heavy atom. The van der Waals surface area contributed by atoms with Gasteiger partial charge in [-0.3, -0.25) is 4.79 Å². The lowest BCUT2D eigenvalue weighted by Crippen LogP contribution is -2.36.